The van der Waals surface area contributed by atoms with Gasteiger partial charge in [0.05, 0.1) is 5.41 Å². The first-order valence-electron chi connectivity index (χ1n) is 8.42. The second-order valence-electron chi connectivity index (χ2n) is 6.71. The van der Waals surface area contributed by atoms with E-state index in [1.807, 2.05) is 0 Å². The van der Waals surface area contributed by atoms with Gasteiger partial charge in [0.2, 0.25) is 0 Å². The summed E-state index contributed by atoms with van der Waals surface area (Å²) in [5.74, 6) is -2.83. The van der Waals surface area contributed by atoms with Crippen molar-refractivity contribution in [2.45, 2.75) is 70.6 Å². The third-order valence-corrected chi connectivity index (χ3v) is 5.60. The number of halogens is 2. The van der Waals surface area contributed by atoms with Gasteiger partial charge in [0, 0.05) is 0 Å². The summed E-state index contributed by atoms with van der Waals surface area (Å²) in [4.78, 5) is 0. The van der Waals surface area contributed by atoms with Crippen molar-refractivity contribution in [3.05, 3.63) is 37.0 Å². The van der Waals surface area contributed by atoms with Crippen molar-refractivity contribution in [1.29, 1.82) is 0 Å². The number of allylic oxidation sites excluding steroid dienone is 5. The lowest BCUT2D eigenvalue weighted by Gasteiger charge is -2.53. The Morgan fingerprint density at radius 2 is 1.71 bits per heavy atom. The van der Waals surface area contributed by atoms with Crippen molar-refractivity contribution in [1.82, 2.24) is 0 Å². The van der Waals surface area contributed by atoms with E-state index in [0.29, 0.717) is 0 Å². The highest BCUT2D eigenvalue weighted by atomic mass is 19.3. The molecule has 118 valence electrons. The fourth-order valence-electron chi connectivity index (χ4n) is 4.40. The average molecular weight is 294 g/mol. The quantitative estimate of drug-likeness (QED) is 0.390. The first-order chi connectivity index (χ1) is 10.0. The Balaban J connectivity index is 2.39. The van der Waals surface area contributed by atoms with Crippen LogP contribution in [0.15, 0.2) is 37.0 Å². The van der Waals surface area contributed by atoms with E-state index >= 15 is 0 Å². The summed E-state index contributed by atoms with van der Waals surface area (Å²) in [6, 6.07) is 0. The van der Waals surface area contributed by atoms with Crippen LogP contribution in [0.3, 0.4) is 0 Å². The summed E-state index contributed by atoms with van der Waals surface area (Å²) in [6.45, 7) is 6.00. The van der Waals surface area contributed by atoms with Gasteiger partial charge in [-0.3, -0.25) is 0 Å². The largest absolute Gasteiger partial charge is 0.279 e. The number of rotatable bonds is 6. The maximum atomic E-state index is 14.9. The Bertz CT molecular complexity index is 413. The molecule has 2 aliphatic carbocycles. The zero-order chi connectivity index (χ0) is 15.4. The first kappa shape index (κ1) is 16.5. The molecule has 0 aromatic rings. The minimum Gasteiger partial charge on any atom is -0.201 e. The molecule has 0 saturated heterocycles. The van der Waals surface area contributed by atoms with Crippen LogP contribution in [0.1, 0.15) is 64.7 Å². The average Bonchev–Trinajstić information content (AvgIpc) is 2.48. The van der Waals surface area contributed by atoms with Gasteiger partial charge >= 0.3 is 0 Å². The standard InChI is InChI=1S/C19H28F2/c1-3-5-7-12-17(13-8-6-9-14-17)18(4-2)15-10-11-16-19(18,20)21/h4,10-11,15-16H,2-3,5-9,12-14H2,1H3. The van der Waals surface area contributed by atoms with Gasteiger partial charge in [-0.05, 0) is 30.8 Å². The fraction of sp³-hybridized carbons (Fsp3) is 0.684. The van der Waals surface area contributed by atoms with E-state index < -0.39 is 11.3 Å². The monoisotopic (exact) mass is 294 g/mol. The molecule has 1 atom stereocenters. The Morgan fingerprint density at radius 1 is 1.05 bits per heavy atom. The normalized spacial score (nSPS) is 30.2. The van der Waals surface area contributed by atoms with Crippen molar-refractivity contribution in [3.8, 4) is 0 Å². The summed E-state index contributed by atoms with van der Waals surface area (Å²) < 4.78 is 29.7. The Hall–Kier alpha value is -0.920. The molecule has 2 rings (SSSR count). The Morgan fingerprint density at radius 3 is 2.29 bits per heavy atom. The van der Waals surface area contributed by atoms with Crippen LogP contribution < -0.4 is 0 Å². The summed E-state index contributed by atoms with van der Waals surface area (Å²) in [5.41, 5.74) is -1.53. The van der Waals surface area contributed by atoms with E-state index in [2.05, 4.69) is 13.5 Å². The fourth-order valence-corrected chi connectivity index (χ4v) is 4.40. The lowest BCUT2D eigenvalue weighted by molar-refractivity contribution is -0.115. The zero-order valence-electron chi connectivity index (χ0n) is 13.2. The van der Waals surface area contributed by atoms with Gasteiger partial charge in [0.1, 0.15) is 0 Å². The van der Waals surface area contributed by atoms with Gasteiger partial charge in [-0.1, -0.05) is 69.8 Å². The maximum Gasteiger partial charge on any atom is 0.279 e. The molecule has 2 aliphatic rings. The molecular formula is C19H28F2. The third kappa shape index (κ3) is 2.74. The molecule has 1 fully saturated rings. The van der Waals surface area contributed by atoms with E-state index in [-0.39, 0.29) is 5.41 Å². The van der Waals surface area contributed by atoms with E-state index in [0.717, 1.165) is 57.4 Å². The number of unbranched alkanes of at least 4 members (excludes halogenated alkanes) is 2. The van der Waals surface area contributed by atoms with Crippen LogP contribution in [0.4, 0.5) is 8.78 Å². The van der Waals surface area contributed by atoms with Crippen LogP contribution in [0, 0.1) is 10.8 Å². The molecule has 0 heterocycles. The molecule has 0 aromatic heterocycles. The molecule has 1 unspecified atom stereocenters. The van der Waals surface area contributed by atoms with E-state index in [1.165, 1.54) is 12.5 Å². The summed E-state index contributed by atoms with van der Waals surface area (Å²) in [5, 5.41) is 0. The Kier molecular flexibility index (Phi) is 5.06. The van der Waals surface area contributed by atoms with Gasteiger partial charge in [0.25, 0.3) is 5.92 Å². The van der Waals surface area contributed by atoms with Crippen LogP contribution in [0.5, 0.6) is 0 Å². The smallest absolute Gasteiger partial charge is 0.201 e. The van der Waals surface area contributed by atoms with Crippen molar-refractivity contribution in [2.75, 3.05) is 0 Å². The lowest BCUT2D eigenvalue weighted by Crippen LogP contribution is -2.52. The maximum absolute atomic E-state index is 14.9. The molecule has 0 amide bonds. The lowest BCUT2D eigenvalue weighted by atomic mass is 9.52. The van der Waals surface area contributed by atoms with Crippen molar-refractivity contribution < 1.29 is 8.78 Å². The highest BCUT2D eigenvalue weighted by Gasteiger charge is 2.60. The zero-order valence-corrected chi connectivity index (χ0v) is 13.2. The van der Waals surface area contributed by atoms with Crippen LogP contribution in [0.25, 0.3) is 0 Å². The minimum atomic E-state index is -2.83. The third-order valence-electron chi connectivity index (χ3n) is 5.60. The molecule has 0 spiro atoms. The number of hydrogen-bond donors (Lipinski definition) is 0. The number of alkyl halides is 2. The SMILES string of the molecule is C=CC1(C2(CCCCC)CCCCC2)C=CC=CC1(F)F. The molecular weight excluding hydrogens is 266 g/mol. The van der Waals surface area contributed by atoms with Crippen LogP contribution in [-0.2, 0) is 0 Å². The van der Waals surface area contributed by atoms with Crippen molar-refractivity contribution in [2.24, 2.45) is 10.8 Å². The van der Waals surface area contributed by atoms with Gasteiger partial charge in [0.15, 0.2) is 0 Å². The predicted molar refractivity (Wildman–Crippen MR) is 85.5 cm³/mol. The van der Waals surface area contributed by atoms with Gasteiger partial charge in [-0.25, -0.2) is 8.78 Å². The first-order valence-corrected chi connectivity index (χ1v) is 8.42. The molecule has 1 saturated carbocycles. The highest BCUT2D eigenvalue weighted by molar-refractivity contribution is 5.33. The topological polar surface area (TPSA) is 0 Å². The van der Waals surface area contributed by atoms with Crippen LogP contribution in [0.2, 0.25) is 0 Å². The van der Waals surface area contributed by atoms with Crippen molar-refractivity contribution >= 4 is 0 Å². The second kappa shape index (κ2) is 6.46. The molecule has 0 bridgehead atoms. The summed E-state index contributed by atoms with van der Waals surface area (Å²) >= 11 is 0. The van der Waals surface area contributed by atoms with Gasteiger partial charge < -0.3 is 0 Å². The summed E-state index contributed by atoms with van der Waals surface area (Å²) in [7, 11) is 0. The Labute approximate surface area is 128 Å². The minimum absolute atomic E-state index is 0.326. The molecule has 2 heteroatoms. The molecule has 0 radical (unpaired) electrons. The van der Waals surface area contributed by atoms with Gasteiger partial charge in [-0.2, -0.15) is 0 Å². The van der Waals surface area contributed by atoms with Crippen LogP contribution in [-0.4, -0.2) is 5.92 Å². The highest BCUT2D eigenvalue weighted by Crippen LogP contribution is 2.62. The van der Waals surface area contributed by atoms with Gasteiger partial charge in [-0.15, -0.1) is 6.58 Å². The molecule has 0 N–H and O–H groups in total. The number of hydrogen-bond acceptors (Lipinski definition) is 0. The van der Waals surface area contributed by atoms with E-state index in [4.69, 9.17) is 0 Å². The predicted octanol–water partition coefficient (Wildman–Crippen LogP) is 6.45. The molecule has 0 aromatic carbocycles. The van der Waals surface area contributed by atoms with Crippen molar-refractivity contribution in [3.63, 3.8) is 0 Å². The molecule has 21 heavy (non-hydrogen) atoms. The second-order valence-corrected chi connectivity index (χ2v) is 6.71. The molecule has 0 nitrogen and oxygen atoms in total. The summed E-state index contributed by atoms with van der Waals surface area (Å²) in [6.07, 6.45) is 16.9. The van der Waals surface area contributed by atoms with E-state index in [1.54, 1.807) is 18.2 Å². The van der Waals surface area contributed by atoms with Crippen LogP contribution >= 0.6 is 0 Å². The molecule has 0 aliphatic heterocycles. The van der Waals surface area contributed by atoms with E-state index in [9.17, 15) is 8.78 Å².